The van der Waals surface area contributed by atoms with E-state index >= 15 is 0 Å². The van der Waals surface area contributed by atoms with Crippen LogP contribution in [0.15, 0.2) is 12.7 Å². The van der Waals surface area contributed by atoms with E-state index in [0.717, 1.165) is 32.0 Å². The molecule has 0 radical (unpaired) electrons. The lowest BCUT2D eigenvalue weighted by molar-refractivity contribution is -0.139. The minimum atomic E-state index is -0.434. The van der Waals surface area contributed by atoms with Crippen LogP contribution < -0.4 is 0 Å². The van der Waals surface area contributed by atoms with Crippen LogP contribution in [0.4, 0.5) is 0 Å². The van der Waals surface area contributed by atoms with Crippen molar-refractivity contribution in [3.63, 3.8) is 0 Å². The largest absolute Gasteiger partial charge is 0.463 e. The molecule has 0 aliphatic rings. The van der Waals surface area contributed by atoms with Crippen molar-refractivity contribution in [2.45, 2.75) is 39.5 Å². The van der Waals surface area contributed by atoms with Crippen molar-refractivity contribution in [3.8, 4) is 0 Å². The first kappa shape index (κ1) is 15.7. The van der Waals surface area contributed by atoms with Crippen molar-refractivity contribution < 1.29 is 14.3 Å². The predicted molar refractivity (Wildman–Crippen MR) is 67.6 cm³/mol. The van der Waals surface area contributed by atoms with Crippen LogP contribution in [0.25, 0.3) is 0 Å². The molecule has 4 heteroatoms. The molecule has 0 saturated carbocycles. The van der Waals surface area contributed by atoms with Crippen LogP contribution in [0.2, 0.25) is 0 Å². The predicted octanol–water partition coefficient (Wildman–Crippen LogP) is 2.14. The third-order valence-electron chi connectivity index (χ3n) is 2.29. The Morgan fingerprint density at radius 2 is 1.82 bits per heavy atom. The number of nitrogens with zero attached hydrogens (tertiary/aromatic N) is 1. The second-order valence-corrected chi connectivity index (χ2v) is 3.86. The second-order valence-electron chi connectivity index (χ2n) is 3.86. The lowest BCUT2D eigenvalue weighted by atomic mass is 10.2. The highest BCUT2D eigenvalue weighted by Gasteiger charge is 2.11. The molecule has 0 bridgehead atoms. The Balaban J connectivity index is 3.81. The van der Waals surface area contributed by atoms with Gasteiger partial charge in [-0.15, -0.1) is 0 Å². The maximum absolute atomic E-state index is 11.8. The first-order chi connectivity index (χ1) is 8.15. The molecule has 0 saturated heterocycles. The number of amides is 1. The molecule has 0 heterocycles. The van der Waals surface area contributed by atoms with Gasteiger partial charge in [-0.2, -0.15) is 0 Å². The van der Waals surface area contributed by atoms with Crippen molar-refractivity contribution in [1.82, 2.24) is 4.90 Å². The van der Waals surface area contributed by atoms with Gasteiger partial charge in [-0.25, -0.2) is 4.79 Å². The number of hydrogen-bond donors (Lipinski definition) is 0. The Hall–Kier alpha value is -1.32. The minimum Gasteiger partial charge on any atom is -0.463 e. The quantitative estimate of drug-likeness (QED) is 0.353. The lowest BCUT2D eigenvalue weighted by Gasteiger charge is -2.21. The Bertz CT molecular complexity index is 245. The molecule has 17 heavy (non-hydrogen) atoms. The van der Waals surface area contributed by atoms with Crippen LogP contribution in [0.5, 0.6) is 0 Å². The Kier molecular flexibility index (Phi) is 9.11. The van der Waals surface area contributed by atoms with Gasteiger partial charge >= 0.3 is 5.97 Å². The van der Waals surface area contributed by atoms with Crippen molar-refractivity contribution in [2.24, 2.45) is 0 Å². The maximum atomic E-state index is 11.8. The lowest BCUT2D eigenvalue weighted by Crippen LogP contribution is -2.32. The Labute approximate surface area is 104 Å². The molecule has 0 aliphatic heterocycles. The van der Waals surface area contributed by atoms with E-state index in [1.807, 2.05) is 4.90 Å². The van der Waals surface area contributed by atoms with E-state index in [1.54, 1.807) is 0 Å². The maximum Gasteiger partial charge on any atom is 0.330 e. The fourth-order valence-corrected chi connectivity index (χ4v) is 1.51. The van der Waals surface area contributed by atoms with E-state index < -0.39 is 5.97 Å². The van der Waals surface area contributed by atoms with Gasteiger partial charge in [0.2, 0.25) is 5.91 Å². The molecule has 0 aromatic heterocycles. The highest BCUT2D eigenvalue weighted by atomic mass is 16.5. The summed E-state index contributed by atoms with van der Waals surface area (Å²) in [7, 11) is 0. The van der Waals surface area contributed by atoms with Gasteiger partial charge in [0.15, 0.2) is 0 Å². The summed E-state index contributed by atoms with van der Waals surface area (Å²) in [6.45, 7) is 9.31. The summed E-state index contributed by atoms with van der Waals surface area (Å²) in [5, 5.41) is 0. The third-order valence-corrected chi connectivity index (χ3v) is 2.29. The fourth-order valence-electron chi connectivity index (χ4n) is 1.51. The third kappa shape index (κ3) is 7.55. The number of hydrogen-bond acceptors (Lipinski definition) is 3. The zero-order valence-electron chi connectivity index (χ0n) is 10.9. The number of rotatable bonds is 9. The van der Waals surface area contributed by atoms with Crippen LogP contribution >= 0.6 is 0 Å². The molecule has 0 aromatic rings. The average Bonchev–Trinajstić information content (AvgIpc) is 2.33. The van der Waals surface area contributed by atoms with E-state index in [-0.39, 0.29) is 12.5 Å². The summed E-state index contributed by atoms with van der Waals surface area (Å²) in [4.78, 5) is 24.4. The van der Waals surface area contributed by atoms with E-state index in [0.29, 0.717) is 12.8 Å². The second kappa shape index (κ2) is 9.87. The summed E-state index contributed by atoms with van der Waals surface area (Å²) in [5.74, 6) is -0.292. The Morgan fingerprint density at radius 1 is 1.24 bits per heavy atom. The molecule has 0 aliphatic carbocycles. The molecule has 0 spiro atoms. The van der Waals surface area contributed by atoms with E-state index in [4.69, 9.17) is 4.74 Å². The summed E-state index contributed by atoms with van der Waals surface area (Å²) >= 11 is 0. The zero-order chi connectivity index (χ0) is 13.1. The SMILES string of the molecule is C=CC(=O)OCCCC(=O)N(CCC)CCC. The van der Waals surface area contributed by atoms with Gasteiger partial charge in [-0.05, 0) is 19.3 Å². The number of esters is 1. The van der Waals surface area contributed by atoms with Crippen LogP contribution in [-0.2, 0) is 14.3 Å². The number of carbonyl (C=O) groups is 2. The van der Waals surface area contributed by atoms with E-state index in [9.17, 15) is 9.59 Å². The van der Waals surface area contributed by atoms with Crippen LogP contribution in [0, 0.1) is 0 Å². The van der Waals surface area contributed by atoms with Gasteiger partial charge in [-0.3, -0.25) is 4.79 Å². The summed E-state index contributed by atoms with van der Waals surface area (Å²) in [6, 6.07) is 0. The van der Waals surface area contributed by atoms with Gasteiger partial charge in [0.25, 0.3) is 0 Å². The number of carbonyl (C=O) groups excluding carboxylic acids is 2. The first-order valence-electron chi connectivity index (χ1n) is 6.22. The average molecular weight is 241 g/mol. The highest BCUT2D eigenvalue weighted by Crippen LogP contribution is 2.01. The molecule has 0 N–H and O–H groups in total. The van der Waals surface area contributed by atoms with Crippen LogP contribution in [0.3, 0.4) is 0 Å². The molecule has 0 atom stereocenters. The molecule has 98 valence electrons. The standard InChI is InChI=1S/C13H23NO3/c1-4-9-14(10-5-2)12(15)8-7-11-17-13(16)6-3/h6H,3-5,7-11H2,1-2H3. The molecular formula is C13H23NO3. The summed E-state index contributed by atoms with van der Waals surface area (Å²) < 4.78 is 4.81. The Morgan fingerprint density at radius 3 is 2.29 bits per heavy atom. The molecule has 0 rings (SSSR count). The summed E-state index contributed by atoms with van der Waals surface area (Å²) in [5.41, 5.74) is 0. The van der Waals surface area contributed by atoms with Crippen molar-refractivity contribution >= 4 is 11.9 Å². The van der Waals surface area contributed by atoms with Gasteiger partial charge in [-0.1, -0.05) is 20.4 Å². The topological polar surface area (TPSA) is 46.6 Å². The van der Waals surface area contributed by atoms with Crippen molar-refractivity contribution in [3.05, 3.63) is 12.7 Å². The van der Waals surface area contributed by atoms with Gasteiger partial charge in [0.1, 0.15) is 0 Å². The zero-order valence-corrected chi connectivity index (χ0v) is 10.9. The minimum absolute atomic E-state index is 0.142. The molecule has 1 amide bonds. The van der Waals surface area contributed by atoms with E-state index in [1.165, 1.54) is 0 Å². The summed E-state index contributed by atoms with van der Waals surface area (Å²) in [6.07, 6.45) is 4.07. The van der Waals surface area contributed by atoms with Crippen LogP contribution in [0.1, 0.15) is 39.5 Å². The van der Waals surface area contributed by atoms with Crippen molar-refractivity contribution in [1.29, 1.82) is 0 Å². The first-order valence-corrected chi connectivity index (χ1v) is 6.22. The smallest absolute Gasteiger partial charge is 0.330 e. The van der Waals surface area contributed by atoms with Crippen molar-refractivity contribution in [2.75, 3.05) is 19.7 Å². The van der Waals surface area contributed by atoms with Crippen LogP contribution in [-0.4, -0.2) is 36.5 Å². The normalized spacial score (nSPS) is 9.76. The molecule has 4 nitrogen and oxygen atoms in total. The molecule has 0 aromatic carbocycles. The van der Waals surface area contributed by atoms with Gasteiger partial charge in [0, 0.05) is 25.6 Å². The van der Waals surface area contributed by atoms with Gasteiger partial charge in [0.05, 0.1) is 6.61 Å². The number of ether oxygens (including phenoxy) is 1. The van der Waals surface area contributed by atoms with E-state index in [2.05, 4.69) is 20.4 Å². The van der Waals surface area contributed by atoms with Gasteiger partial charge < -0.3 is 9.64 Å². The monoisotopic (exact) mass is 241 g/mol. The fraction of sp³-hybridized carbons (Fsp3) is 0.692. The molecular weight excluding hydrogens is 218 g/mol. The molecule has 0 fully saturated rings. The molecule has 0 unspecified atom stereocenters. The highest BCUT2D eigenvalue weighted by molar-refractivity contribution is 5.81.